The number of nitrogens with zero attached hydrogens (tertiary/aromatic N) is 1. The third-order valence-electron chi connectivity index (χ3n) is 3.38. The van der Waals surface area contributed by atoms with Gasteiger partial charge in [-0.15, -0.1) is 0 Å². The van der Waals surface area contributed by atoms with E-state index in [1.807, 2.05) is 36.5 Å². The number of fused-ring (bicyclic) bond motifs is 1. The number of anilines is 1. The average Bonchev–Trinajstić information content (AvgIpc) is 2.53. The second-order valence-electron chi connectivity index (χ2n) is 4.72. The van der Waals surface area contributed by atoms with Crippen molar-refractivity contribution in [3.63, 3.8) is 0 Å². The maximum atomic E-state index is 6.14. The lowest BCUT2D eigenvalue weighted by Gasteiger charge is -2.11. The molecule has 0 spiro atoms. The molecule has 21 heavy (non-hydrogen) atoms. The maximum Gasteiger partial charge on any atom is 0.137 e. The molecule has 0 bridgehead atoms. The van der Waals surface area contributed by atoms with E-state index in [4.69, 9.17) is 16.3 Å². The van der Waals surface area contributed by atoms with Crippen molar-refractivity contribution in [2.75, 3.05) is 12.4 Å². The van der Waals surface area contributed by atoms with E-state index in [1.54, 1.807) is 13.3 Å². The van der Waals surface area contributed by atoms with Crippen LogP contribution in [0.3, 0.4) is 0 Å². The van der Waals surface area contributed by atoms with Gasteiger partial charge in [0.2, 0.25) is 0 Å². The van der Waals surface area contributed by atoms with Gasteiger partial charge in [-0.1, -0.05) is 29.8 Å². The van der Waals surface area contributed by atoms with Gasteiger partial charge in [0.15, 0.2) is 0 Å². The van der Waals surface area contributed by atoms with Crippen molar-refractivity contribution in [1.82, 2.24) is 4.98 Å². The van der Waals surface area contributed by atoms with Gasteiger partial charge in [-0.2, -0.15) is 0 Å². The highest BCUT2D eigenvalue weighted by Gasteiger charge is 2.03. The SMILES string of the molecule is COc1ccc(CNc2cccc3ccncc23)cc1Cl. The van der Waals surface area contributed by atoms with Crippen molar-refractivity contribution >= 4 is 28.1 Å². The first-order valence-electron chi connectivity index (χ1n) is 6.67. The van der Waals surface area contributed by atoms with Crippen molar-refractivity contribution in [1.29, 1.82) is 0 Å². The van der Waals surface area contributed by atoms with Crippen LogP contribution >= 0.6 is 11.6 Å². The van der Waals surface area contributed by atoms with E-state index in [0.717, 1.165) is 16.6 Å². The van der Waals surface area contributed by atoms with Gasteiger partial charge in [0, 0.05) is 30.0 Å². The van der Waals surface area contributed by atoms with Crippen LogP contribution in [-0.2, 0) is 6.54 Å². The summed E-state index contributed by atoms with van der Waals surface area (Å²) in [6, 6.07) is 14.0. The van der Waals surface area contributed by atoms with Crippen LogP contribution in [-0.4, -0.2) is 12.1 Å². The highest BCUT2D eigenvalue weighted by molar-refractivity contribution is 6.32. The van der Waals surface area contributed by atoms with Gasteiger partial charge in [0.1, 0.15) is 5.75 Å². The molecule has 106 valence electrons. The first kappa shape index (κ1) is 13.7. The molecular formula is C17H15ClN2O. The largest absolute Gasteiger partial charge is 0.495 e. The minimum atomic E-state index is 0.622. The molecule has 3 aromatic rings. The molecule has 0 unspecified atom stereocenters. The second kappa shape index (κ2) is 6.02. The fourth-order valence-corrected chi connectivity index (χ4v) is 2.56. The van der Waals surface area contributed by atoms with E-state index in [1.165, 1.54) is 5.39 Å². The summed E-state index contributed by atoms with van der Waals surface area (Å²) in [7, 11) is 1.61. The molecule has 0 aliphatic carbocycles. The number of pyridine rings is 1. The summed E-state index contributed by atoms with van der Waals surface area (Å²) < 4.78 is 5.16. The number of hydrogen-bond acceptors (Lipinski definition) is 3. The van der Waals surface area contributed by atoms with Crippen LogP contribution < -0.4 is 10.1 Å². The van der Waals surface area contributed by atoms with E-state index in [0.29, 0.717) is 17.3 Å². The second-order valence-corrected chi connectivity index (χ2v) is 5.13. The van der Waals surface area contributed by atoms with Crippen molar-refractivity contribution in [2.45, 2.75) is 6.54 Å². The summed E-state index contributed by atoms with van der Waals surface area (Å²) in [5, 5.41) is 6.33. The van der Waals surface area contributed by atoms with Crippen molar-refractivity contribution in [3.8, 4) is 5.75 Å². The van der Waals surface area contributed by atoms with Gasteiger partial charge in [-0.25, -0.2) is 0 Å². The zero-order chi connectivity index (χ0) is 14.7. The Morgan fingerprint density at radius 2 is 2.10 bits per heavy atom. The number of halogens is 1. The third kappa shape index (κ3) is 2.93. The Hall–Kier alpha value is -2.26. The summed E-state index contributed by atoms with van der Waals surface area (Å²) in [6.07, 6.45) is 3.67. The van der Waals surface area contributed by atoms with Crippen LogP contribution in [0.2, 0.25) is 5.02 Å². The number of methoxy groups -OCH3 is 1. The minimum Gasteiger partial charge on any atom is -0.495 e. The first-order chi connectivity index (χ1) is 10.3. The van der Waals surface area contributed by atoms with Crippen LogP contribution in [0.25, 0.3) is 10.8 Å². The summed E-state index contributed by atoms with van der Waals surface area (Å²) in [5.41, 5.74) is 2.16. The van der Waals surface area contributed by atoms with Crippen molar-refractivity contribution in [2.24, 2.45) is 0 Å². The Morgan fingerprint density at radius 1 is 1.19 bits per heavy atom. The Labute approximate surface area is 128 Å². The fourth-order valence-electron chi connectivity index (χ4n) is 2.28. The van der Waals surface area contributed by atoms with E-state index < -0.39 is 0 Å². The molecule has 1 N–H and O–H groups in total. The smallest absolute Gasteiger partial charge is 0.137 e. The molecular weight excluding hydrogens is 284 g/mol. The molecule has 4 heteroatoms. The quantitative estimate of drug-likeness (QED) is 0.769. The van der Waals surface area contributed by atoms with E-state index in [9.17, 15) is 0 Å². The molecule has 3 rings (SSSR count). The highest BCUT2D eigenvalue weighted by Crippen LogP contribution is 2.26. The predicted molar refractivity (Wildman–Crippen MR) is 87.1 cm³/mol. The number of ether oxygens (including phenoxy) is 1. The molecule has 0 saturated carbocycles. The molecule has 0 radical (unpaired) electrons. The summed E-state index contributed by atoms with van der Waals surface area (Å²) >= 11 is 6.14. The molecule has 0 saturated heterocycles. The Bertz CT molecular complexity index is 768. The van der Waals surface area contributed by atoms with Gasteiger partial charge < -0.3 is 10.1 Å². The number of nitrogens with one attached hydrogen (secondary N) is 1. The van der Waals surface area contributed by atoms with Crippen molar-refractivity contribution < 1.29 is 4.74 Å². The first-order valence-corrected chi connectivity index (χ1v) is 7.05. The molecule has 2 aromatic carbocycles. The van der Waals surface area contributed by atoms with E-state index >= 15 is 0 Å². The van der Waals surface area contributed by atoms with Gasteiger partial charge in [0.05, 0.1) is 12.1 Å². The van der Waals surface area contributed by atoms with E-state index in [-0.39, 0.29) is 0 Å². The normalized spacial score (nSPS) is 10.6. The minimum absolute atomic E-state index is 0.622. The van der Waals surface area contributed by atoms with Gasteiger partial charge in [0.25, 0.3) is 0 Å². The Kier molecular flexibility index (Phi) is 3.93. The molecule has 0 fully saturated rings. The number of aromatic nitrogens is 1. The molecule has 1 aromatic heterocycles. The fraction of sp³-hybridized carbons (Fsp3) is 0.118. The summed E-state index contributed by atoms with van der Waals surface area (Å²) in [5.74, 6) is 0.690. The van der Waals surface area contributed by atoms with E-state index in [2.05, 4.69) is 22.4 Å². The molecule has 3 nitrogen and oxygen atoms in total. The molecule has 0 aliphatic rings. The third-order valence-corrected chi connectivity index (χ3v) is 3.68. The lowest BCUT2D eigenvalue weighted by Crippen LogP contribution is -2.00. The van der Waals surface area contributed by atoms with Crippen LogP contribution in [0.15, 0.2) is 54.9 Å². The zero-order valence-corrected chi connectivity index (χ0v) is 12.4. The zero-order valence-electron chi connectivity index (χ0n) is 11.6. The molecule has 1 heterocycles. The van der Waals surface area contributed by atoms with Crippen LogP contribution in [0.5, 0.6) is 5.75 Å². The number of rotatable bonds is 4. The van der Waals surface area contributed by atoms with Gasteiger partial charge in [-0.3, -0.25) is 4.98 Å². The van der Waals surface area contributed by atoms with Crippen molar-refractivity contribution in [3.05, 3.63) is 65.4 Å². The maximum absolute atomic E-state index is 6.14. The number of hydrogen-bond donors (Lipinski definition) is 1. The summed E-state index contributed by atoms with van der Waals surface area (Å²) in [6.45, 7) is 0.692. The molecule has 0 aliphatic heterocycles. The summed E-state index contributed by atoms with van der Waals surface area (Å²) in [4.78, 5) is 4.19. The predicted octanol–water partition coefficient (Wildman–Crippen LogP) is 4.51. The number of benzene rings is 2. The van der Waals surface area contributed by atoms with Crippen LogP contribution in [0.1, 0.15) is 5.56 Å². The molecule has 0 amide bonds. The standard InChI is InChI=1S/C17H15ClN2O/c1-21-17-6-5-12(9-15(17)18)10-20-16-4-2-3-13-7-8-19-11-14(13)16/h2-9,11,20H,10H2,1H3. The lowest BCUT2D eigenvalue weighted by atomic mass is 10.1. The van der Waals surface area contributed by atoms with Gasteiger partial charge in [-0.05, 0) is 35.2 Å². The topological polar surface area (TPSA) is 34.1 Å². The molecule has 0 atom stereocenters. The van der Waals surface area contributed by atoms with Crippen LogP contribution in [0.4, 0.5) is 5.69 Å². The Morgan fingerprint density at radius 3 is 2.90 bits per heavy atom. The monoisotopic (exact) mass is 298 g/mol. The Balaban J connectivity index is 1.82. The lowest BCUT2D eigenvalue weighted by molar-refractivity contribution is 0.415. The van der Waals surface area contributed by atoms with Gasteiger partial charge >= 0.3 is 0 Å². The van der Waals surface area contributed by atoms with Crippen LogP contribution in [0, 0.1) is 0 Å². The average molecular weight is 299 g/mol. The highest BCUT2D eigenvalue weighted by atomic mass is 35.5.